The predicted octanol–water partition coefficient (Wildman–Crippen LogP) is 4.48. The third-order valence-corrected chi connectivity index (χ3v) is 6.38. The largest absolute Gasteiger partial charge is 0.478 e. The van der Waals surface area contributed by atoms with E-state index in [2.05, 4.69) is 54.6 Å². The summed E-state index contributed by atoms with van der Waals surface area (Å²) >= 11 is 0. The van der Waals surface area contributed by atoms with Gasteiger partial charge in [-0.25, -0.2) is 4.79 Å². The van der Waals surface area contributed by atoms with E-state index in [9.17, 15) is 4.79 Å². The second kappa shape index (κ2) is 7.67. The fourth-order valence-electron chi connectivity index (χ4n) is 2.94. The topological polar surface area (TPSA) is 35.5 Å². The van der Waals surface area contributed by atoms with Gasteiger partial charge in [-0.15, -0.1) is 0 Å². The van der Waals surface area contributed by atoms with Crippen LogP contribution in [0.2, 0.25) is 0 Å². The highest BCUT2D eigenvalue weighted by Crippen LogP contribution is 2.33. The van der Waals surface area contributed by atoms with Gasteiger partial charge in [0.2, 0.25) is 0 Å². The number of esters is 1. The summed E-state index contributed by atoms with van der Waals surface area (Å²) in [6.07, 6.45) is 0.104. The smallest absolute Gasteiger partial charge is 0.347 e. The standard InChI is InChI=1S/C22H19O3S/c23-22-21(14-15-24-22)25-17-8-7-13-20(16-17)26(18-9-3-1-4-10-18)19-11-5-2-6-12-19/h1-13,16,21H,14-15H2/q+1. The number of hydrogen-bond donors (Lipinski definition) is 0. The minimum absolute atomic E-state index is 0.233. The van der Waals surface area contributed by atoms with Crippen LogP contribution in [0.4, 0.5) is 0 Å². The Hall–Kier alpha value is -2.72. The molecule has 1 fully saturated rings. The number of carbonyl (C=O) groups is 1. The molecule has 0 aromatic heterocycles. The fourth-order valence-corrected chi connectivity index (χ4v) is 5.07. The van der Waals surface area contributed by atoms with Crippen LogP contribution in [0.1, 0.15) is 6.42 Å². The first-order valence-electron chi connectivity index (χ1n) is 8.59. The number of ether oxygens (including phenoxy) is 2. The first-order chi connectivity index (χ1) is 12.8. The van der Waals surface area contributed by atoms with E-state index in [-0.39, 0.29) is 16.9 Å². The Morgan fingerprint density at radius 3 is 2.00 bits per heavy atom. The van der Waals surface area contributed by atoms with Crippen LogP contribution in [0.25, 0.3) is 0 Å². The number of rotatable bonds is 5. The molecule has 0 saturated carbocycles. The maximum Gasteiger partial charge on any atom is 0.347 e. The number of cyclic esters (lactones) is 1. The molecule has 0 aliphatic carbocycles. The molecule has 0 N–H and O–H groups in total. The van der Waals surface area contributed by atoms with Gasteiger partial charge in [0.15, 0.2) is 20.8 Å². The van der Waals surface area contributed by atoms with Crippen molar-refractivity contribution in [2.45, 2.75) is 27.2 Å². The molecule has 1 unspecified atom stereocenters. The minimum atomic E-state index is -0.500. The van der Waals surface area contributed by atoms with Crippen molar-refractivity contribution in [2.75, 3.05) is 6.61 Å². The van der Waals surface area contributed by atoms with Gasteiger partial charge in [0.25, 0.3) is 0 Å². The molecule has 26 heavy (non-hydrogen) atoms. The lowest BCUT2D eigenvalue weighted by Crippen LogP contribution is -2.21. The van der Waals surface area contributed by atoms with Crippen molar-refractivity contribution < 1.29 is 14.3 Å². The number of benzene rings is 3. The van der Waals surface area contributed by atoms with Crippen LogP contribution in [0.3, 0.4) is 0 Å². The summed E-state index contributed by atoms with van der Waals surface area (Å²) in [7, 11) is -0.233. The van der Waals surface area contributed by atoms with Crippen LogP contribution < -0.4 is 4.74 Å². The van der Waals surface area contributed by atoms with Gasteiger partial charge < -0.3 is 9.47 Å². The Morgan fingerprint density at radius 1 is 0.808 bits per heavy atom. The zero-order valence-corrected chi connectivity index (χ0v) is 15.0. The molecule has 3 nitrogen and oxygen atoms in total. The highest BCUT2D eigenvalue weighted by atomic mass is 32.2. The molecule has 3 aromatic rings. The Labute approximate surface area is 155 Å². The Balaban J connectivity index is 1.70. The quantitative estimate of drug-likeness (QED) is 0.495. The summed E-state index contributed by atoms with van der Waals surface area (Å²) in [6.45, 7) is 0.432. The van der Waals surface area contributed by atoms with Crippen LogP contribution in [0, 0.1) is 0 Å². The molecule has 4 rings (SSSR count). The fraction of sp³-hybridized carbons (Fsp3) is 0.136. The van der Waals surface area contributed by atoms with Gasteiger partial charge >= 0.3 is 5.97 Å². The average molecular weight is 363 g/mol. The summed E-state index contributed by atoms with van der Waals surface area (Å²) in [6, 6.07) is 28.9. The van der Waals surface area contributed by atoms with Crippen LogP contribution in [-0.4, -0.2) is 18.7 Å². The second-order valence-electron chi connectivity index (χ2n) is 5.97. The lowest BCUT2D eigenvalue weighted by molar-refractivity contribution is -0.143. The number of hydrogen-bond acceptors (Lipinski definition) is 3. The summed E-state index contributed by atoms with van der Waals surface area (Å²) in [5.41, 5.74) is 0. The zero-order chi connectivity index (χ0) is 17.8. The molecule has 130 valence electrons. The van der Waals surface area contributed by atoms with Gasteiger partial charge in [-0.05, 0) is 36.4 Å². The SMILES string of the molecule is O=C1OCCC1Oc1cccc([S+](c2ccccc2)c2ccccc2)c1. The van der Waals surface area contributed by atoms with Crippen LogP contribution in [0.5, 0.6) is 5.75 Å². The van der Waals surface area contributed by atoms with Gasteiger partial charge in [-0.1, -0.05) is 42.5 Å². The molecular weight excluding hydrogens is 344 g/mol. The Morgan fingerprint density at radius 2 is 1.42 bits per heavy atom. The van der Waals surface area contributed by atoms with E-state index in [4.69, 9.17) is 9.47 Å². The normalized spacial score (nSPS) is 16.5. The molecule has 1 aliphatic rings. The van der Waals surface area contributed by atoms with Crippen molar-refractivity contribution in [3.8, 4) is 5.75 Å². The van der Waals surface area contributed by atoms with Gasteiger partial charge in [-0.3, -0.25) is 0 Å². The van der Waals surface area contributed by atoms with Crippen molar-refractivity contribution >= 4 is 16.9 Å². The molecule has 0 bridgehead atoms. The van der Waals surface area contributed by atoms with Crippen molar-refractivity contribution in [3.05, 3.63) is 84.9 Å². The summed E-state index contributed by atoms with van der Waals surface area (Å²) in [4.78, 5) is 15.3. The average Bonchev–Trinajstić information content (AvgIpc) is 3.09. The molecule has 1 atom stereocenters. The minimum Gasteiger partial charge on any atom is -0.478 e. The molecule has 4 heteroatoms. The molecular formula is C22H19O3S+. The lowest BCUT2D eigenvalue weighted by Gasteiger charge is -2.12. The number of carbonyl (C=O) groups excluding carboxylic acids is 1. The molecule has 0 amide bonds. The first-order valence-corrected chi connectivity index (χ1v) is 9.81. The van der Waals surface area contributed by atoms with E-state index in [1.807, 2.05) is 30.3 Å². The monoisotopic (exact) mass is 363 g/mol. The van der Waals surface area contributed by atoms with Crippen molar-refractivity contribution in [3.63, 3.8) is 0 Å². The van der Waals surface area contributed by atoms with Gasteiger partial charge in [0, 0.05) is 12.5 Å². The summed E-state index contributed by atoms with van der Waals surface area (Å²) < 4.78 is 10.9. The molecule has 3 aromatic carbocycles. The van der Waals surface area contributed by atoms with Crippen LogP contribution >= 0.6 is 0 Å². The third-order valence-electron chi connectivity index (χ3n) is 4.16. The van der Waals surface area contributed by atoms with Crippen LogP contribution in [0.15, 0.2) is 99.6 Å². The van der Waals surface area contributed by atoms with E-state index in [1.54, 1.807) is 0 Å². The molecule has 1 heterocycles. The summed E-state index contributed by atoms with van der Waals surface area (Å²) in [5.74, 6) is 0.427. The van der Waals surface area contributed by atoms with Gasteiger partial charge in [0.1, 0.15) is 5.75 Å². The molecule has 0 spiro atoms. The lowest BCUT2D eigenvalue weighted by atomic mass is 10.3. The Bertz CT molecular complexity index is 841. The van der Waals surface area contributed by atoms with E-state index in [0.717, 1.165) is 4.90 Å². The third kappa shape index (κ3) is 3.60. The molecule has 1 saturated heterocycles. The maximum atomic E-state index is 11.7. The second-order valence-corrected chi connectivity index (χ2v) is 8.00. The van der Waals surface area contributed by atoms with Crippen molar-refractivity contribution in [2.24, 2.45) is 0 Å². The summed E-state index contributed by atoms with van der Waals surface area (Å²) in [5, 5.41) is 0. The van der Waals surface area contributed by atoms with E-state index in [1.165, 1.54) is 9.79 Å². The molecule has 0 radical (unpaired) electrons. The van der Waals surface area contributed by atoms with E-state index >= 15 is 0 Å². The predicted molar refractivity (Wildman–Crippen MR) is 101 cm³/mol. The Kier molecular flexibility index (Phi) is 4.93. The first kappa shape index (κ1) is 16.7. The van der Waals surface area contributed by atoms with Crippen molar-refractivity contribution in [1.29, 1.82) is 0 Å². The zero-order valence-electron chi connectivity index (χ0n) is 14.2. The van der Waals surface area contributed by atoms with Gasteiger partial charge in [0.05, 0.1) is 17.5 Å². The highest BCUT2D eigenvalue weighted by molar-refractivity contribution is 7.97. The van der Waals surface area contributed by atoms with Crippen molar-refractivity contribution in [1.82, 2.24) is 0 Å². The maximum absolute atomic E-state index is 11.7. The molecule has 1 aliphatic heterocycles. The van der Waals surface area contributed by atoms with Crippen LogP contribution in [-0.2, 0) is 20.4 Å². The van der Waals surface area contributed by atoms with E-state index in [0.29, 0.717) is 18.8 Å². The van der Waals surface area contributed by atoms with Gasteiger partial charge in [-0.2, -0.15) is 0 Å². The highest BCUT2D eigenvalue weighted by Gasteiger charge is 2.31. The van der Waals surface area contributed by atoms with E-state index < -0.39 is 6.10 Å².